The first-order chi connectivity index (χ1) is 16.1. The van der Waals surface area contributed by atoms with Crippen molar-refractivity contribution in [3.63, 3.8) is 0 Å². The number of halogens is 2. The van der Waals surface area contributed by atoms with Gasteiger partial charge in [-0.3, -0.25) is 4.79 Å². The van der Waals surface area contributed by atoms with E-state index in [4.69, 9.17) is 27.9 Å². The van der Waals surface area contributed by atoms with E-state index in [0.29, 0.717) is 47.5 Å². The van der Waals surface area contributed by atoms with Crippen LogP contribution in [0.4, 0.5) is 0 Å². The average Bonchev–Trinajstić information content (AvgIpc) is 2.80. The number of benzene rings is 2. The summed E-state index contributed by atoms with van der Waals surface area (Å²) < 4.78 is 32.5. The number of carbonyl (C=O) groups is 1. The lowest BCUT2D eigenvalue weighted by molar-refractivity contribution is -0.127. The van der Waals surface area contributed by atoms with Crippen LogP contribution in [-0.4, -0.2) is 38.8 Å². The Morgan fingerprint density at radius 2 is 1.74 bits per heavy atom. The zero-order chi connectivity index (χ0) is 24.9. The third-order valence-corrected chi connectivity index (χ3v) is 8.68. The van der Waals surface area contributed by atoms with Crippen LogP contribution >= 0.6 is 23.2 Å². The highest BCUT2D eigenvalue weighted by Gasteiger charge is 2.32. The van der Waals surface area contributed by atoms with Gasteiger partial charge in [-0.25, -0.2) is 12.7 Å². The lowest BCUT2D eigenvalue weighted by Gasteiger charge is -2.32. The van der Waals surface area contributed by atoms with Crippen LogP contribution in [0.3, 0.4) is 0 Å². The van der Waals surface area contributed by atoms with Crippen molar-refractivity contribution in [3.8, 4) is 5.75 Å². The van der Waals surface area contributed by atoms with Crippen LogP contribution in [0.2, 0.25) is 10.0 Å². The molecular formula is C25H32Cl2N2O4S. The summed E-state index contributed by atoms with van der Waals surface area (Å²) in [4.78, 5) is 13.1. The Bertz CT molecular complexity index is 1080. The van der Waals surface area contributed by atoms with Crippen LogP contribution < -0.4 is 10.1 Å². The molecule has 1 heterocycles. The molecule has 1 aliphatic heterocycles. The van der Waals surface area contributed by atoms with E-state index in [1.807, 2.05) is 24.3 Å². The SMILES string of the molecule is COc1ccc([C@H](CC(C)C)NC(=O)C2CCN(S(=O)(=O)Cc3ccc(Cl)c(Cl)c3)CC2)cc1. The fourth-order valence-electron chi connectivity index (χ4n) is 4.20. The Balaban J connectivity index is 1.60. The first-order valence-corrected chi connectivity index (χ1v) is 13.8. The number of nitrogens with one attached hydrogen (secondary N) is 1. The minimum atomic E-state index is -3.52. The van der Waals surface area contributed by atoms with Crippen LogP contribution in [-0.2, 0) is 20.6 Å². The summed E-state index contributed by atoms with van der Waals surface area (Å²) in [5.74, 6) is 0.787. The molecule has 0 bridgehead atoms. The van der Waals surface area contributed by atoms with Gasteiger partial charge in [0, 0.05) is 19.0 Å². The van der Waals surface area contributed by atoms with Crippen molar-refractivity contribution in [2.24, 2.45) is 11.8 Å². The summed E-state index contributed by atoms with van der Waals surface area (Å²) >= 11 is 12.0. The maximum absolute atomic E-state index is 13.1. The standard InChI is InChI=1S/C25H32Cl2N2O4S/c1-17(2)14-24(19-5-7-21(33-3)8-6-19)28-25(30)20-10-12-29(13-11-20)34(31,32)16-18-4-9-22(26)23(27)15-18/h4-9,15,17,20,24H,10-14,16H2,1-3H3,(H,28,30)/t24-/m0/s1. The molecule has 1 aliphatic rings. The van der Waals surface area contributed by atoms with Gasteiger partial charge in [-0.2, -0.15) is 0 Å². The fraction of sp³-hybridized carbons (Fsp3) is 0.480. The molecule has 0 aliphatic carbocycles. The number of hydrogen-bond donors (Lipinski definition) is 1. The highest BCUT2D eigenvalue weighted by atomic mass is 35.5. The lowest BCUT2D eigenvalue weighted by atomic mass is 9.93. The number of rotatable bonds is 9. The zero-order valence-electron chi connectivity index (χ0n) is 19.8. The van der Waals surface area contributed by atoms with E-state index in [1.165, 1.54) is 4.31 Å². The second-order valence-electron chi connectivity index (χ2n) is 9.14. The molecule has 1 atom stereocenters. The van der Waals surface area contributed by atoms with Crippen LogP contribution in [0.25, 0.3) is 0 Å². The molecule has 0 aromatic heterocycles. The number of sulfonamides is 1. The van der Waals surface area contributed by atoms with Crippen molar-refractivity contribution >= 4 is 39.1 Å². The molecule has 34 heavy (non-hydrogen) atoms. The summed E-state index contributed by atoms with van der Waals surface area (Å²) in [6.45, 7) is 4.89. The minimum Gasteiger partial charge on any atom is -0.497 e. The molecule has 0 unspecified atom stereocenters. The van der Waals surface area contributed by atoms with Gasteiger partial charge >= 0.3 is 0 Å². The summed E-state index contributed by atoms with van der Waals surface area (Å²) in [6, 6.07) is 12.5. The summed E-state index contributed by atoms with van der Waals surface area (Å²) in [5, 5.41) is 3.92. The van der Waals surface area contributed by atoms with Crippen molar-refractivity contribution in [1.29, 1.82) is 0 Å². The normalized spacial score (nSPS) is 16.4. The third kappa shape index (κ3) is 7.11. The molecule has 1 N–H and O–H groups in total. The van der Waals surface area contributed by atoms with Crippen molar-refractivity contribution < 1.29 is 17.9 Å². The Morgan fingerprint density at radius 3 is 2.29 bits per heavy atom. The molecule has 2 aromatic rings. The van der Waals surface area contributed by atoms with E-state index in [0.717, 1.165) is 17.7 Å². The summed E-state index contributed by atoms with van der Waals surface area (Å²) in [6.07, 6.45) is 1.79. The first kappa shape index (κ1) is 26.8. The maximum atomic E-state index is 13.1. The number of methoxy groups -OCH3 is 1. The van der Waals surface area contributed by atoms with E-state index in [9.17, 15) is 13.2 Å². The largest absolute Gasteiger partial charge is 0.497 e. The number of hydrogen-bond acceptors (Lipinski definition) is 4. The molecule has 9 heteroatoms. The maximum Gasteiger partial charge on any atom is 0.223 e. The molecule has 0 radical (unpaired) electrons. The van der Waals surface area contributed by atoms with Crippen LogP contribution in [0, 0.1) is 11.8 Å². The van der Waals surface area contributed by atoms with E-state index in [2.05, 4.69) is 19.2 Å². The van der Waals surface area contributed by atoms with Crippen molar-refractivity contribution in [2.75, 3.05) is 20.2 Å². The van der Waals surface area contributed by atoms with Crippen LogP contribution in [0.5, 0.6) is 5.75 Å². The summed E-state index contributed by atoms with van der Waals surface area (Å²) in [5.41, 5.74) is 1.62. The van der Waals surface area contributed by atoms with Gasteiger partial charge < -0.3 is 10.1 Å². The van der Waals surface area contributed by atoms with Gasteiger partial charge in [-0.15, -0.1) is 0 Å². The van der Waals surface area contributed by atoms with Gasteiger partial charge in [-0.05, 0) is 60.6 Å². The van der Waals surface area contributed by atoms with Gasteiger partial charge in [-0.1, -0.05) is 55.2 Å². The zero-order valence-corrected chi connectivity index (χ0v) is 22.1. The van der Waals surface area contributed by atoms with Gasteiger partial charge in [0.2, 0.25) is 15.9 Å². The predicted octanol–water partition coefficient (Wildman–Crippen LogP) is 5.45. The van der Waals surface area contributed by atoms with Crippen LogP contribution in [0.15, 0.2) is 42.5 Å². The van der Waals surface area contributed by atoms with E-state index >= 15 is 0 Å². The number of amides is 1. The number of nitrogens with zero attached hydrogens (tertiary/aromatic N) is 1. The Kier molecular flexibility index (Phi) is 9.27. The van der Waals surface area contributed by atoms with Gasteiger partial charge in [0.1, 0.15) is 5.75 Å². The average molecular weight is 528 g/mol. The van der Waals surface area contributed by atoms with E-state index in [1.54, 1.807) is 25.3 Å². The highest BCUT2D eigenvalue weighted by molar-refractivity contribution is 7.88. The molecule has 1 saturated heterocycles. The smallest absolute Gasteiger partial charge is 0.223 e. The minimum absolute atomic E-state index is 0.0250. The second kappa shape index (κ2) is 11.8. The van der Waals surface area contributed by atoms with Crippen LogP contribution in [0.1, 0.15) is 50.3 Å². The Labute approximate surface area is 212 Å². The molecule has 1 amide bonds. The molecule has 1 fully saturated rings. The monoisotopic (exact) mass is 526 g/mol. The van der Waals surface area contributed by atoms with E-state index < -0.39 is 10.0 Å². The molecule has 0 saturated carbocycles. The predicted molar refractivity (Wildman–Crippen MR) is 137 cm³/mol. The van der Waals surface area contributed by atoms with Gasteiger partial charge in [0.15, 0.2) is 0 Å². The first-order valence-electron chi connectivity index (χ1n) is 11.4. The van der Waals surface area contributed by atoms with E-state index in [-0.39, 0.29) is 23.6 Å². The number of ether oxygens (including phenoxy) is 1. The van der Waals surface area contributed by atoms with Gasteiger partial charge in [0.25, 0.3) is 0 Å². The molecule has 186 valence electrons. The topological polar surface area (TPSA) is 75.7 Å². The molecule has 3 rings (SSSR count). The lowest BCUT2D eigenvalue weighted by Crippen LogP contribution is -2.44. The van der Waals surface area contributed by atoms with Crippen molar-refractivity contribution in [1.82, 2.24) is 9.62 Å². The van der Waals surface area contributed by atoms with Gasteiger partial charge in [0.05, 0.1) is 28.9 Å². The molecule has 0 spiro atoms. The Morgan fingerprint density at radius 1 is 1.09 bits per heavy atom. The highest BCUT2D eigenvalue weighted by Crippen LogP contribution is 2.28. The van der Waals surface area contributed by atoms with Crippen molar-refractivity contribution in [2.45, 2.75) is 44.9 Å². The molecular weight excluding hydrogens is 495 g/mol. The number of carbonyl (C=O) groups excluding carboxylic acids is 1. The molecule has 6 nitrogen and oxygen atoms in total. The quantitative estimate of drug-likeness (QED) is 0.471. The fourth-order valence-corrected chi connectivity index (χ4v) is 6.07. The number of piperidine rings is 1. The third-order valence-electron chi connectivity index (χ3n) is 6.09. The molecule has 2 aromatic carbocycles. The Hall–Kier alpha value is -1.80. The van der Waals surface area contributed by atoms with Crippen molar-refractivity contribution in [3.05, 3.63) is 63.6 Å². The summed E-state index contributed by atoms with van der Waals surface area (Å²) in [7, 11) is -1.89. The second-order valence-corrected chi connectivity index (χ2v) is 11.9.